The zero-order chi connectivity index (χ0) is 47.2. The summed E-state index contributed by atoms with van der Waals surface area (Å²) >= 11 is 0. The fraction of sp³-hybridized carbons (Fsp3) is 0.780. The first-order chi connectivity index (χ1) is 30.0. The highest BCUT2D eigenvalue weighted by molar-refractivity contribution is 5.76. The maximum atomic E-state index is 11.9. The van der Waals surface area contributed by atoms with Crippen LogP contribution in [-0.2, 0) is 4.79 Å². The highest BCUT2D eigenvalue weighted by Gasteiger charge is 2.52. The Morgan fingerprint density at radius 3 is 1.78 bits per heavy atom. The van der Waals surface area contributed by atoms with Gasteiger partial charge in [-0.2, -0.15) is 0 Å². The summed E-state index contributed by atoms with van der Waals surface area (Å²) in [7, 11) is 0. The Kier molecular flexibility index (Phi) is 18.4. The molecule has 64 heavy (non-hydrogen) atoms. The Balaban J connectivity index is 0.000000243. The maximum Gasteiger partial charge on any atom is 0.220 e. The predicted molar refractivity (Wildman–Crippen MR) is 273 cm³/mol. The van der Waals surface area contributed by atoms with Crippen molar-refractivity contribution < 1.29 is 15.0 Å². The van der Waals surface area contributed by atoms with Gasteiger partial charge in [0.25, 0.3) is 0 Å². The van der Waals surface area contributed by atoms with E-state index in [9.17, 15) is 15.0 Å². The van der Waals surface area contributed by atoms with Gasteiger partial charge in [-0.05, 0) is 197 Å². The molecule has 6 aliphatic rings. The van der Waals surface area contributed by atoms with Gasteiger partial charge in [0.05, 0.1) is 17.7 Å². The first kappa shape index (κ1) is 52.8. The van der Waals surface area contributed by atoms with Crippen LogP contribution in [-0.4, -0.2) is 39.9 Å². The van der Waals surface area contributed by atoms with Crippen molar-refractivity contribution in [1.82, 2.24) is 5.32 Å². The molecule has 6 aliphatic carbocycles. The Morgan fingerprint density at radius 1 is 0.797 bits per heavy atom. The molecule has 0 aromatic carbocycles. The Labute approximate surface area is 393 Å². The lowest BCUT2D eigenvalue weighted by molar-refractivity contribution is -0.121. The van der Waals surface area contributed by atoms with E-state index in [-0.39, 0.29) is 18.0 Å². The summed E-state index contributed by atoms with van der Waals surface area (Å²) in [5.41, 5.74) is 15.0. The van der Waals surface area contributed by atoms with Crippen molar-refractivity contribution in [2.24, 2.45) is 63.4 Å². The molecule has 6 saturated carbocycles. The number of nitrogens with two attached hydrogens (primary N) is 1. The number of aliphatic hydroxyl groups excluding tert-OH is 1. The van der Waals surface area contributed by atoms with Crippen LogP contribution in [0.5, 0.6) is 0 Å². The molecule has 0 aliphatic heterocycles. The lowest BCUT2D eigenvalue weighted by atomic mass is 9.60. The molecule has 6 fully saturated rings. The van der Waals surface area contributed by atoms with Gasteiger partial charge in [-0.15, -0.1) is 0 Å². The van der Waals surface area contributed by atoms with Crippen LogP contribution in [0.4, 0.5) is 0 Å². The van der Waals surface area contributed by atoms with Crippen molar-refractivity contribution in [2.75, 3.05) is 0 Å². The van der Waals surface area contributed by atoms with E-state index in [1.165, 1.54) is 94.6 Å². The first-order valence-electron chi connectivity index (χ1n) is 26.6. The molecule has 0 heterocycles. The van der Waals surface area contributed by atoms with Gasteiger partial charge in [-0.25, -0.2) is 0 Å². The fourth-order valence-electron chi connectivity index (χ4n) is 14.4. The number of nitrogens with one attached hydrogen (secondary N) is 1. The van der Waals surface area contributed by atoms with E-state index in [0.29, 0.717) is 53.3 Å². The molecule has 362 valence electrons. The van der Waals surface area contributed by atoms with Crippen LogP contribution < -0.4 is 11.1 Å². The Morgan fingerprint density at radius 2 is 1.30 bits per heavy atom. The van der Waals surface area contributed by atoms with E-state index < -0.39 is 11.7 Å². The SMILES string of the molecule is C=C1/C(=C\C=C2/CCC[C@]3(C)[C@@H]([C@H](C)CCCC(C)(C)C)CC[C@@H]23)C[C@@H](C)C[C@@H]1N.C=C1/C(=C\C=C2/CCC[C@]3(C)[C@@H]([C@H](C)CCCC(C)(C)O)CC[C@@H]23)C[C@@H](O)C[C@@H]1NC(=O)CC. The zero-order valence-electron chi connectivity index (χ0n) is 43.2. The molecule has 5 heteroatoms. The summed E-state index contributed by atoms with van der Waals surface area (Å²) < 4.78 is 0. The average Bonchev–Trinajstić information content (AvgIpc) is 3.75. The number of fused-ring (bicyclic) bond motifs is 2. The molecule has 0 aromatic heterocycles. The van der Waals surface area contributed by atoms with Crippen molar-refractivity contribution in [3.8, 4) is 0 Å². The molecule has 12 atom stereocenters. The van der Waals surface area contributed by atoms with Crippen LogP contribution in [0, 0.1) is 57.7 Å². The molecule has 1 amide bonds. The van der Waals surface area contributed by atoms with Gasteiger partial charge in [0.1, 0.15) is 0 Å². The number of amides is 1. The molecule has 0 bridgehead atoms. The molecule has 0 unspecified atom stereocenters. The van der Waals surface area contributed by atoms with Crippen LogP contribution in [0.3, 0.4) is 0 Å². The molecular weight excluding hydrogens is 785 g/mol. The van der Waals surface area contributed by atoms with Crippen LogP contribution in [0.1, 0.15) is 211 Å². The monoisotopic (exact) mass is 883 g/mol. The second kappa shape index (κ2) is 22.3. The first-order valence-corrected chi connectivity index (χ1v) is 26.6. The van der Waals surface area contributed by atoms with E-state index in [0.717, 1.165) is 66.9 Å². The number of carbonyl (C=O) groups excluding carboxylic acids is 1. The van der Waals surface area contributed by atoms with E-state index in [1.807, 2.05) is 20.8 Å². The fourth-order valence-corrected chi connectivity index (χ4v) is 14.4. The van der Waals surface area contributed by atoms with E-state index in [1.54, 1.807) is 11.1 Å². The summed E-state index contributed by atoms with van der Waals surface area (Å²) in [6, 6.07) is -0.0158. The zero-order valence-corrected chi connectivity index (χ0v) is 43.2. The third-order valence-electron chi connectivity index (χ3n) is 18.0. The van der Waals surface area contributed by atoms with Gasteiger partial charge in [0, 0.05) is 12.5 Å². The average molecular weight is 883 g/mol. The van der Waals surface area contributed by atoms with Crippen LogP contribution in [0.15, 0.2) is 70.9 Å². The second-order valence-electron chi connectivity index (χ2n) is 24.9. The lowest BCUT2D eigenvalue weighted by Gasteiger charge is -2.44. The summed E-state index contributed by atoms with van der Waals surface area (Å²) in [4.78, 5) is 11.9. The smallest absolute Gasteiger partial charge is 0.220 e. The van der Waals surface area contributed by atoms with E-state index >= 15 is 0 Å². The van der Waals surface area contributed by atoms with Gasteiger partial charge in [-0.1, -0.05) is 137 Å². The van der Waals surface area contributed by atoms with Crippen molar-refractivity contribution in [1.29, 1.82) is 0 Å². The molecule has 5 N–H and O–H groups in total. The standard InChI is InChI=1S/C30H49NO3.C29H49N/c1-7-28(33)31-27-19-24(32)18-23(21(27)3)13-12-22-11-9-17-30(6)25(14-15-26(22)30)20(2)10-8-16-29(4,5)34;1-20-18-24(22(3)27(30)19-20)13-12-23-11-9-17-29(7)25(14-15-26(23)29)21(2)10-8-16-28(4,5)6/h12-13,20,24-27,32,34H,3,7-11,14-19H2,1-2,4-6H3,(H,31,33);12-13,20-21,25-27H,3,8-11,14-19,30H2,1-2,4-7H3/b22-12+,23-13-;23-12+,24-13-/t20-,24-,25-,26+,27+,30-;20-,21-,25-,26+,27+,29-/m11/s1. The van der Waals surface area contributed by atoms with Gasteiger partial charge >= 0.3 is 0 Å². The van der Waals surface area contributed by atoms with Gasteiger partial charge in [-0.3, -0.25) is 4.79 Å². The summed E-state index contributed by atoms with van der Waals surface area (Å²) in [6.45, 7) is 33.9. The topological polar surface area (TPSA) is 95.6 Å². The molecule has 0 aromatic rings. The minimum atomic E-state index is -0.564. The molecule has 0 saturated heterocycles. The van der Waals surface area contributed by atoms with Crippen molar-refractivity contribution >= 4 is 5.91 Å². The molecule has 5 nitrogen and oxygen atoms in total. The summed E-state index contributed by atoms with van der Waals surface area (Å²) in [5, 5.41) is 23.5. The predicted octanol–water partition coefficient (Wildman–Crippen LogP) is 14.5. The summed E-state index contributed by atoms with van der Waals surface area (Å²) in [5.74, 6) is 5.31. The second-order valence-corrected chi connectivity index (χ2v) is 24.9. The number of carbonyl (C=O) groups is 1. The Bertz CT molecular complexity index is 1730. The van der Waals surface area contributed by atoms with Gasteiger partial charge in [0.15, 0.2) is 0 Å². The van der Waals surface area contributed by atoms with Gasteiger partial charge < -0.3 is 21.3 Å². The number of rotatable bonds is 13. The van der Waals surface area contributed by atoms with Crippen molar-refractivity contribution in [2.45, 2.75) is 235 Å². The van der Waals surface area contributed by atoms with Crippen LogP contribution >= 0.6 is 0 Å². The number of allylic oxidation sites excluding steroid dienone is 6. The third kappa shape index (κ3) is 13.5. The molecular formula is C59H98N2O3. The number of hydrogen-bond donors (Lipinski definition) is 4. The maximum absolute atomic E-state index is 11.9. The molecule has 0 radical (unpaired) electrons. The highest BCUT2D eigenvalue weighted by atomic mass is 16.3. The quantitative estimate of drug-likeness (QED) is 0.148. The lowest BCUT2D eigenvalue weighted by Crippen LogP contribution is -2.41. The largest absolute Gasteiger partial charge is 0.393 e. The molecule has 6 rings (SSSR count). The van der Waals surface area contributed by atoms with Crippen molar-refractivity contribution in [3.05, 3.63) is 70.9 Å². The summed E-state index contributed by atoms with van der Waals surface area (Å²) in [6.07, 6.45) is 33.3. The third-order valence-corrected chi connectivity index (χ3v) is 18.0. The highest BCUT2D eigenvalue weighted by Crippen LogP contribution is 2.61. The minimum absolute atomic E-state index is 0.00895. The van der Waals surface area contributed by atoms with Crippen LogP contribution in [0.2, 0.25) is 0 Å². The normalized spacial score (nSPS) is 37.0. The Hall–Kier alpha value is -2.21. The van der Waals surface area contributed by atoms with E-state index in [2.05, 4.69) is 98.2 Å². The number of hydrogen-bond acceptors (Lipinski definition) is 4. The van der Waals surface area contributed by atoms with Crippen molar-refractivity contribution in [3.63, 3.8) is 0 Å². The van der Waals surface area contributed by atoms with Gasteiger partial charge in [0.2, 0.25) is 5.91 Å². The minimum Gasteiger partial charge on any atom is -0.393 e. The van der Waals surface area contributed by atoms with E-state index in [4.69, 9.17) is 5.73 Å². The molecule has 0 spiro atoms. The van der Waals surface area contributed by atoms with Crippen LogP contribution in [0.25, 0.3) is 0 Å². The number of aliphatic hydroxyl groups is 2.